The van der Waals surface area contributed by atoms with Gasteiger partial charge in [0.05, 0.1) is 0 Å². The standard InChI is InChI=1S/C13H28N2/c1-11(13(2,3)4)14-9-12-7-6-8-15(5)10-12/h11-12,14H,6-10H2,1-5H3. The molecule has 1 N–H and O–H groups in total. The van der Waals surface area contributed by atoms with E-state index in [0.29, 0.717) is 11.5 Å². The lowest BCUT2D eigenvalue weighted by Gasteiger charge is -2.33. The number of hydrogen-bond donors (Lipinski definition) is 1. The van der Waals surface area contributed by atoms with Gasteiger partial charge in [0.1, 0.15) is 0 Å². The van der Waals surface area contributed by atoms with E-state index < -0.39 is 0 Å². The molecular formula is C13H28N2. The van der Waals surface area contributed by atoms with Crippen molar-refractivity contribution in [2.45, 2.75) is 46.6 Å². The summed E-state index contributed by atoms with van der Waals surface area (Å²) >= 11 is 0. The predicted molar refractivity (Wildman–Crippen MR) is 67.1 cm³/mol. The van der Waals surface area contributed by atoms with Crippen LogP contribution in [0.25, 0.3) is 0 Å². The Hall–Kier alpha value is -0.0800. The monoisotopic (exact) mass is 212 g/mol. The summed E-state index contributed by atoms with van der Waals surface area (Å²) in [6.45, 7) is 12.9. The van der Waals surface area contributed by atoms with Gasteiger partial charge in [0.15, 0.2) is 0 Å². The minimum absolute atomic E-state index is 0.376. The van der Waals surface area contributed by atoms with Gasteiger partial charge in [-0.2, -0.15) is 0 Å². The zero-order chi connectivity index (χ0) is 11.5. The first-order valence-electron chi connectivity index (χ1n) is 6.31. The van der Waals surface area contributed by atoms with E-state index in [1.807, 2.05) is 0 Å². The van der Waals surface area contributed by atoms with Crippen molar-refractivity contribution in [3.63, 3.8) is 0 Å². The van der Waals surface area contributed by atoms with Crippen LogP contribution >= 0.6 is 0 Å². The highest BCUT2D eigenvalue weighted by atomic mass is 15.1. The Morgan fingerprint density at radius 1 is 1.40 bits per heavy atom. The number of nitrogens with zero attached hydrogens (tertiary/aromatic N) is 1. The molecule has 2 nitrogen and oxygen atoms in total. The molecule has 1 rings (SSSR count). The lowest BCUT2D eigenvalue weighted by Crippen LogP contribution is -2.43. The molecule has 2 unspecified atom stereocenters. The summed E-state index contributed by atoms with van der Waals surface area (Å²) in [5.74, 6) is 0.855. The van der Waals surface area contributed by atoms with Crippen LogP contribution in [0.1, 0.15) is 40.5 Å². The second-order valence-corrected chi connectivity index (χ2v) is 6.27. The van der Waals surface area contributed by atoms with Gasteiger partial charge in [0.25, 0.3) is 0 Å². The highest BCUT2D eigenvalue weighted by molar-refractivity contribution is 4.79. The van der Waals surface area contributed by atoms with Crippen molar-refractivity contribution in [2.75, 3.05) is 26.7 Å². The Balaban J connectivity index is 2.24. The first-order valence-corrected chi connectivity index (χ1v) is 6.31. The Morgan fingerprint density at radius 3 is 2.60 bits per heavy atom. The highest BCUT2D eigenvalue weighted by Gasteiger charge is 2.22. The number of nitrogens with one attached hydrogen (secondary N) is 1. The van der Waals surface area contributed by atoms with Gasteiger partial charge in [-0.3, -0.25) is 0 Å². The Morgan fingerprint density at radius 2 is 2.07 bits per heavy atom. The molecule has 1 heterocycles. The molecule has 0 aromatic carbocycles. The fraction of sp³-hybridized carbons (Fsp3) is 1.00. The Bertz CT molecular complexity index is 183. The topological polar surface area (TPSA) is 15.3 Å². The minimum Gasteiger partial charge on any atom is -0.313 e. The maximum Gasteiger partial charge on any atom is 0.00873 e. The maximum absolute atomic E-state index is 3.69. The third kappa shape index (κ3) is 4.52. The average molecular weight is 212 g/mol. The first kappa shape index (κ1) is 13.0. The Labute approximate surface area is 95.4 Å². The van der Waals surface area contributed by atoms with Crippen LogP contribution in [0.5, 0.6) is 0 Å². The van der Waals surface area contributed by atoms with E-state index >= 15 is 0 Å². The first-order chi connectivity index (χ1) is 6.89. The number of hydrogen-bond acceptors (Lipinski definition) is 2. The van der Waals surface area contributed by atoms with Gasteiger partial charge in [-0.15, -0.1) is 0 Å². The van der Waals surface area contributed by atoms with Crippen LogP contribution in [-0.2, 0) is 0 Å². The molecule has 2 heteroatoms. The molecule has 0 saturated carbocycles. The molecule has 0 amide bonds. The molecule has 1 aliphatic rings. The van der Waals surface area contributed by atoms with Gasteiger partial charge in [-0.25, -0.2) is 0 Å². The van der Waals surface area contributed by atoms with Crippen LogP contribution in [0.15, 0.2) is 0 Å². The zero-order valence-corrected chi connectivity index (χ0v) is 11.1. The quantitative estimate of drug-likeness (QED) is 0.772. The van der Waals surface area contributed by atoms with Crippen molar-refractivity contribution in [1.82, 2.24) is 10.2 Å². The van der Waals surface area contributed by atoms with Crippen molar-refractivity contribution in [2.24, 2.45) is 11.3 Å². The van der Waals surface area contributed by atoms with Gasteiger partial charge in [-0.1, -0.05) is 20.8 Å². The van der Waals surface area contributed by atoms with Crippen molar-refractivity contribution in [1.29, 1.82) is 0 Å². The van der Waals surface area contributed by atoms with E-state index in [1.54, 1.807) is 0 Å². The van der Waals surface area contributed by atoms with Crippen LogP contribution in [-0.4, -0.2) is 37.6 Å². The molecule has 0 bridgehead atoms. The van der Waals surface area contributed by atoms with E-state index in [9.17, 15) is 0 Å². The fourth-order valence-corrected chi connectivity index (χ4v) is 2.09. The van der Waals surface area contributed by atoms with Crippen LogP contribution in [0.4, 0.5) is 0 Å². The van der Waals surface area contributed by atoms with Crippen LogP contribution in [0.2, 0.25) is 0 Å². The molecule has 90 valence electrons. The minimum atomic E-state index is 0.376. The second-order valence-electron chi connectivity index (χ2n) is 6.27. The Kier molecular flexibility index (Phi) is 4.60. The molecule has 0 radical (unpaired) electrons. The highest BCUT2D eigenvalue weighted by Crippen LogP contribution is 2.20. The molecule has 0 spiro atoms. The number of piperidine rings is 1. The summed E-state index contributed by atoms with van der Waals surface area (Å²) in [4.78, 5) is 2.46. The smallest absolute Gasteiger partial charge is 0.00873 e. The molecule has 15 heavy (non-hydrogen) atoms. The van der Waals surface area contributed by atoms with Crippen molar-refractivity contribution >= 4 is 0 Å². The summed E-state index contributed by atoms with van der Waals surface area (Å²) in [5.41, 5.74) is 0.376. The van der Waals surface area contributed by atoms with Gasteiger partial charge in [-0.05, 0) is 51.2 Å². The molecule has 0 aliphatic carbocycles. The van der Waals surface area contributed by atoms with Crippen LogP contribution in [0, 0.1) is 11.3 Å². The zero-order valence-electron chi connectivity index (χ0n) is 11.1. The van der Waals surface area contributed by atoms with E-state index in [4.69, 9.17) is 0 Å². The van der Waals surface area contributed by atoms with Gasteiger partial charge in [0.2, 0.25) is 0 Å². The third-order valence-electron chi connectivity index (χ3n) is 3.73. The summed E-state index contributed by atoms with van der Waals surface area (Å²) in [7, 11) is 2.24. The van der Waals surface area contributed by atoms with E-state index in [2.05, 4.69) is 45.0 Å². The van der Waals surface area contributed by atoms with Gasteiger partial charge >= 0.3 is 0 Å². The average Bonchev–Trinajstić information content (AvgIpc) is 2.12. The summed E-state index contributed by atoms with van der Waals surface area (Å²) in [5, 5.41) is 3.69. The van der Waals surface area contributed by atoms with Crippen LogP contribution < -0.4 is 5.32 Å². The summed E-state index contributed by atoms with van der Waals surface area (Å²) in [6.07, 6.45) is 2.76. The molecule has 1 fully saturated rings. The SMILES string of the molecule is CC(NCC1CCCN(C)C1)C(C)(C)C. The van der Waals surface area contributed by atoms with E-state index in [1.165, 1.54) is 32.5 Å². The third-order valence-corrected chi connectivity index (χ3v) is 3.73. The lowest BCUT2D eigenvalue weighted by atomic mass is 9.87. The van der Waals surface area contributed by atoms with Crippen molar-refractivity contribution in [3.05, 3.63) is 0 Å². The van der Waals surface area contributed by atoms with E-state index in [-0.39, 0.29) is 0 Å². The summed E-state index contributed by atoms with van der Waals surface area (Å²) in [6, 6.07) is 0.602. The fourth-order valence-electron chi connectivity index (χ4n) is 2.09. The second kappa shape index (κ2) is 5.31. The van der Waals surface area contributed by atoms with Gasteiger partial charge < -0.3 is 10.2 Å². The van der Waals surface area contributed by atoms with Crippen LogP contribution in [0.3, 0.4) is 0 Å². The molecule has 0 aromatic heterocycles. The molecule has 2 atom stereocenters. The molecule has 1 aliphatic heterocycles. The lowest BCUT2D eigenvalue weighted by molar-refractivity contribution is 0.190. The maximum atomic E-state index is 3.69. The van der Waals surface area contributed by atoms with E-state index in [0.717, 1.165) is 5.92 Å². The van der Waals surface area contributed by atoms with Gasteiger partial charge in [0, 0.05) is 12.6 Å². The van der Waals surface area contributed by atoms with Crippen molar-refractivity contribution in [3.8, 4) is 0 Å². The number of likely N-dealkylation sites (tertiary alicyclic amines) is 1. The largest absolute Gasteiger partial charge is 0.313 e. The normalized spacial score (nSPS) is 26.6. The number of rotatable bonds is 3. The predicted octanol–water partition coefficient (Wildman–Crippen LogP) is 2.35. The molecule has 1 saturated heterocycles. The van der Waals surface area contributed by atoms with Crippen molar-refractivity contribution < 1.29 is 0 Å². The molecular weight excluding hydrogens is 184 g/mol. The molecule has 0 aromatic rings. The summed E-state index contributed by atoms with van der Waals surface area (Å²) < 4.78 is 0.